The van der Waals surface area contributed by atoms with Gasteiger partial charge in [0.05, 0.1) is 18.8 Å². The SMILES string of the molecule is CCCCC(=O)c1ccc(N2CCOCC2)cc1O. The Morgan fingerprint density at radius 2 is 2.11 bits per heavy atom. The van der Waals surface area contributed by atoms with Crippen LogP contribution in [-0.2, 0) is 4.74 Å². The van der Waals surface area contributed by atoms with Crippen molar-refractivity contribution in [2.24, 2.45) is 0 Å². The molecule has 104 valence electrons. The molecule has 0 spiro atoms. The number of carbonyl (C=O) groups excluding carboxylic acids is 1. The van der Waals surface area contributed by atoms with Crippen LogP contribution in [0.4, 0.5) is 5.69 Å². The molecule has 1 heterocycles. The molecule has 0 bridgehead atoms. The van der Waals surface area contributed by atoms with Gasteiger partial charge in [0.1, 0.15) is 5.75 Å². The Morgan fingerprint density at radius 1 is 1.37 bits per heavy atom. The summed E-state index contributed by atoms with van der Waals surface area (Å²) in [6, 6.07) is 5.33. The molecule has 0 amide bonds. The lowest BCUT2D eigenvalue weighted by Gasteiger charge is -2.29. The second-order valence-corrected chi connectivity index (χ2v) is 4.83. The first-order chi connectivity index (χ1) is 9.22. The lowest BCUT2D eigenvalue weighted by Crippen LogP contribution is -2.36. The monoisotopic (exact) mass is 263 g/mol. The number of phenolic OH excluding ortho intramolecular Hbond substituents is 1. The Morgan fingerprint density at radius 3 is 2.74 bits per heavy atom. The van der Waals surface area contributed by atoms with Gasteiger partial charge in [0, 0.05) is 31.3 Å². The maximum atomic E-state index is 11.9. The molecule has 0 saturated carbocycles. The van der Waals surface area contributed by atoms with Gasteiger partial charge in [0.15, 0.2) is 5.78 Å². The molecule has 19 heavy (non-hydrogen) atoms. The number of hydrogen-bond acceptors (Lipinski definition) is 4. The minimum absolute atomic E-state index is 0.0212. The number of hydrogen-bond donors (Lipinski definition) is 1. The van der Waals surface area contributed by atoms with E-state index in [1.54, 1.807) is 12.1 Å². The van der Waals surface area contributed by atoms with E-state index in [9.17, 15) is 9.90 Å². The highest BCUT2D eigenvalue weighted by molar-refractivity contribution is 5.99. The number of nitrogens with zero attached hydrogens (tertiary/aromatic N) is 1. The summed E-state index contributed by atoms with van der Waals surface area (Å²) < 4.78 is 5.30. The highest BCUT2D eigenvalue weighted by Crippen LogP contribution is 2.26. The fourth-order valence-corrected chi connectivity index (χ4v) is 2.25. The number of anilines is 1. The number of rotatable bonds is 5. The van der Waals surface area contributed by atoms with E-state index in [-0.39, 0.29) is 11.5 Å². The molecule has 0 aliphatic carbocycles. The molecule has 2 rings (SSSR count). The number of aromatic hydroxyl groups is 1. The highest BCUT2D eigenvalue weighted by atomic mass is 16.5. The van der Waals surface area contributed by atoms with E-state index >= 15 is 0 Å². The Labute approximate surface area is 114 Å². The molecule has 1 aromatic rings. The average molecular weight is 263 g/mol. The molecular formula is C15H21NO3. The van der Waals surface area contributed by atoms with Crippen molar-refractivity contribution in [1.29, 1.82) is 0 Å². The Balaban J connectivity index is 2.09. The summed E-state index contributed by atoms with van der Waals surface area (Å²) in [5, 5.41) is 10.0. The first-order valence-corrected chi connectivity index (χ1v) is 6.91. The van der Waals surface area contributed by atoms with Gasteiger partial charge in [0.2, 0.25) is 0 Å². The quantitative estimate of drug-likeness (QED) is 0.830. The number of Topliss-reactive ketones (excluding diaryl/α,β-unsaturated/α-hetero) is 1. The summed E-state index contributed by atoms with van der Waals surface area (Å²) in [6.07, 6.45) is 2.35. The molecule has 1 aliphatic rings. The summed E-state index contributed by atoms with van der Waals surface area (Å²) in [7, 11) is 0. The molecule has 0 atom stereocenters. The molecule has 0 radical (unpaired) electrons. The third kappa shape index (κ3) is 3.47. The molecule has 1 fully saturated rings. The predicted molar refractivity (Wildman–Crippen MR) is 75.0 cm³/mol. The van der Waals surface area contributed by atoms with Crippen LogP contribution in [0, 0.1) is 0 Å². The van der Waals surface area contributed by atoms with Gasteiger partial charge in [-0.2, -0.15) is 0 Å². The van der Waals surface area contributed by atoms with E-state index in [1.807, 2.05) is 6.07 Å². The van der Waals surface area contributed by atoms with Crippen molar-refractivity contribution in [1.82, 2.24) is 0 Å². The van der Waals surface area contributed by atoms with E-state index in [4.69, 9.17) is 4.74 Å². The van der Waals surface area contributed by atoms with Crippen molar-refractivity contribution in [3.8, 4) is 5.75 Å². The smallest absolute Gasteiger partial charge is 0.166 e. The Bertz CT molecular complexity index is 439. The zero-order chi connectivity index (χ0) is 13.7. The summed E-state index contributed by atoms with van der Waals surface area (Å²) in [5.41, 5.74) is 1.39. The largest absolute Gasteiger partial charge is 0.507 e. The van der Waals surface area contributed by atoms with Gasteiger partial charge in [-0.15, -0.1) is 0 Å². The standard InChI is InChI=1S/C15H21NO3/c1-2-3-4-14(17)13-6-5-12(11-15(13)18)16-7-9-19-10-8-16/h5-6,11,18H,2-4,7-10H2,1H3. The van der Waals surface area contributed by atoms with Gasteiger partial charge >= 0.3 is 0 Å². The summed E-state index contributed by atoms with van der Waals surface area (Å²) in [4.78, 5) is 14.1. The zero-order valence-corrected chi connectivity index (χ0v) is 11.4. The van der Waals surface area contributed by atoms with Gasteiger partial charge in [-0.05, 0) is 18.6 Å². The normalized spacial score (nSPS) is 15.5. The first kappa shape index (κ1) is 13.9. The number of unbranched alkanes of at least 4 members (excludes halogenated alkanes) is 1. The fraction of sp³-hybridized carbons (Fsp3) is 0.533. The van der Waals surface area contributed by atoms with E-state index in [0.29, 0.717) is 25.2 Å². The molecule has 0 unspecified atom stereocenters. The van der Waals surface area contributed by atoms with Crippen LogP contribution in [0.5, 0.6) is 5.75 Å². The van der Waals surface area contributed by atoms with E-state index < -0.39 is 0 Å². The van der Waals surface area contributed by atoms with Crippen molar-refractivity contribution >= 4 is 11.5 Å². The maximum Gasteiger partial charge on any atom is 0.166 e. The fourth-order valence-electron chi connectivity index (χ4n) is 2.25. The number of morpholine rings is 1. The number of carbonyl (C=O) groups is 1. The van der Waals surface area contributed by atoms with Crippen LogP contribution < -0.4 is 4.90 Å². The van der Waals surface area contributed by atoms with Gasteiger partial charge in [-0.25, -0.2) is 0 Å². The van der Waals surface area contributed by atoms with Crippen molar-refractivity contribution < 1.29 is 14.6 Å². The lowest BCUT2D eigenvalue weighted by molar-refractivity contribution is 0.0977. The topological polar surface area (TPSA) is 49.8 Å². The molecule has 4 nitrogen and oxygen atoms in total. The van der Waals surface area contributed by atoms with Crippen molar-refractivity contribution in [2.75, 3.05) is 31.2 Å². The highest BCUT2D eigenvalue weighted by Gasteiger charge is 2.15. The van der Waals surface area contributed by atoms with Crippen LogP contribution in [0.25, 0.3) is 0 Å². The van der Waals surface area contributed by atoms with E-state index in [0.717, 1.165) is 31.6 Å². The molecule has 1 aliphatic heterocycles. The molecular weight excluding hydrogens is 242 g/mol. The lowest BCUT2D eigenvalue weighted by atomic mass is 10.0. The Kier molecular flexibility index (Phi) is 4.80. The van der Waals surface area contributed by atoms with Crippen molar-refractivity contribution in [3.63, 3.8) is 0 Å². The predicted octanol–water partition coefficient (Wildman–Crippen LogP) is 2.60. The summed E-state index contributed by atoms with van der Waals surface area (Å²) >= 11 is 0. The molecule has 4 heteroatoms. The van der Waals surface area contributed by atoms with E-state index in [1.165, 1.54) is 0 Å². The number of ether oxygens (including phenoxy) is 1. The van der Waals surface area contributed by atoms with Gasteiger partial charge in [0.25, 0.3) is 0 Å². The molecule has 1 aromatic carbocycles. The van der Waals surface area contributed by atoms with Crippen LogP contribution in [-0.4, -0.2) is 37.2 Å². The van der Waals surface area contributed by atoms with Crippen molar-refractivity contribution in [3.05, 3.63) is 23.8 Å². The van der Waals surface area contributed by atoms with Crippen LogP contribution in [0.3, 0.4) is 0 Å². The first-order valence-electron chi connectivity index (χ1n) is 6.91. The molecule has 1 N–H and O–H groups in total. The van der Waals surface area contributed by atoms with Gasteiger partial charge in [-0.1, -0.05) is 13.3 Å². The number of ketones is 1. The number of phenols is 1. The third-order valence-corrected chi connectivity index (χ3v) is 3.42. The molecule has 0 aromatic heterocycles. The second kappa shape index (κ2) is 6.57. The maximum absolute atomic E-state index is 11.9. The van der Waals surface area contributed by atoms with Crippen LogP contribution in [0.1, 0.15) is 36.5 Å². The zero-order valence-electron chi connectivity index (χ0n) is 11.4. The molecule has 1 saturated heterocycles. The van der Waals surface area contributed by atoms with Crippen LogP contribution in [0.2, 0.25) is 0 Å². The summed E-state index contributed by atoms with van der Waals surface area (Å²) in [6.45, 7) is 5.11. The van der Waals surface area contributed by atoms with E-state index in [2.05, 4.69) is 11.8 Å². The minimum Gasteiger partial charge on any atom is -0.507 e. The summed E-state index contributed by atoms with van der Waals surface area (Å²) in [5.74, 6) is 0.109. The third-order valence-electron chi connectivity index (χ3n) is 3.42. The second-order valence-electron chi connectivity index (χ2n) is 4.83. The number of benzene rings is 1. The van der Waals surface area contributed by atoms with Gasteiger partial charge < -0.3 is 14.7 Å². The van der Waals surface area contributed by atoms with Crippen molar-refractivity contribution in [2.45, 2.75) is 26.2 Å². The minimum atomic E-state index is 0.0212. The average Bonchev–Trinajstić information content (AvgIpc) is 2.45. The van der Waals surface area contributed by atoms with Crippen LogP contribution >= 0.6 is 0 Å². The van der Waals surface area contributed by atoms with Gasteiger partial charge in [-0.3, -0.25) is 4.79 Å². The Hall–Kier alpha value is -1.55. The van der Waals surface area contributed by atoms with Crippen LogP contribution in [0.15, 0.2) is 18.2 Å².